The fourth-order valence-corrected chi connectivity index (χ4v) is 2.34. The van der Waals surface area contributed by atoms with Crippen molar-refractivity contribution >= 4 is 0 Å². The molecule has 0 amide bonds. The van der Waals surface area contributed by atoms with Crippen LogP contribution < -0.4 is 4.74 Å². The maximum absolute atomic E-state index is 13.6. The molecule has 2 heteroatoms. The molecule has 106 valence electrons. The summed E-state index contributed by atoms with van der Waals surface area (Å²) in [5.41, 5.74) is 2.68. The molecule has 0 aliphatic rings. The molecule has 0 saturated heterocycles. The Morgan fingerprint density at radius 3 is 2.30 bits per heavy atom. The third kappa shape index (κ3) is 3.60. The lowest BCUT2D eigenvalue weighted by molar-refractivity contribution is 0.441. The first kappa shape index (κ1) is 14.6. The Kier molecular flexibility index (Phi) is 5.16. The lowest BCUT2D eigenvalue weighted by Gasteiger charge is -2.12. The number of rotatable bonds is 6. The van der Waals surface area contributed by atoms with Crippen LogP contribution in [0, 0.1) is 5.82 Å². The van der Waals surface area contributed by atoms with Crippen molar-refractivity contribution in [3.63, 3.8) is 0 Å². The zero-order valence-corrected chi connectivity index (χ0v) is 12.2. The largest absolute Gasteiger partial charge is 0.454 e. The minimum atomic E-state index is -0.331. The van der Waals surface area contributed by atoms with Gasteiger partial charge in [0.05, 0.1) is 0 Å². The molecule has 0 atom stereocenters. The molecule has 0 bridgehead atoms. The summed E-state index contributed by atoms with van der Waals surface area (Å²) in [5.74, 6) is 0.652. The SMILES string of the molecule is CCCc1ccc(Oc2ccccc2F)cc1CCC. The summed E-state index contributed by atoms with van der Waals surface area (Å²) in [4.78, 5) is 0. The fourth-order valence-electron chi connectivity index (χ4n) is 2.34. The van der Waals surface area contributed by atoms with E-state index in [4.69, 9.17) is 4.74 Å². The lowest BCUT2D eigenvalue weighted by Crippen LogP contribution is -1.96. The highest BCUT2D eigenvalue weighted by Crippen LogP contribution is 2.27. The van der Waals surface area contributed by atoms with Crippen molar-refractivity contribution in [2.75, 3.05) is 0 Å². The molecule has 0 unspecified atom stereocenters. The van der Waals surface area contributed by atoms with Crippen LogP contribution in [-0.2, 0) is 12.8 Å². The Balaban J connectivity index is 2.24. The number of halogens is 1. The summed E-state index contributed by atoms with van der Waals surface area (Å²) in [6, 6.07) is 12.6. The molecule has 0 radical (unpaired) electrons. The Hall–Kier alpha value is -1.83. The Labute approximate surface area is 120 Å². The zero-order valence-electron chi connectivity index (χ0n) is 12.2. The molecular weight excluding hydrogens is 251 g/mol. The van der Waals surface area contributed by atoms with Gasteiger partial charge < -0.3 is 4.74 Å². The van der Waals surface area contributed by atoms with Crippen LogP contribution in [0.15, 0.2) is 42.5 Å². The summed E-state index contributed by atoms with van der Waals surface area (Å²) in [6.45, 7) is 4.35. The molecule has 20 heavy (non-hydrogen) atoms. The molecular formula is C18H21FO. The summed E-state index contributed by atoms with van der Waals surface area (Å²) < 4.78 is 19.3. The van der Waals surface area contributed by atoms with Crippen LogP contribution in [-0.4, -0.2) is 0 Å². The molecule has 0 aliphatic heterocycles. The number of para-hydroxylation sites is 1. The average molecular weight is 272 g/mol. The molecule has 0 saturated carbocycles. The van der Waals surface area contributed by atoms with Gasteiger partial charge in [0.25, 0.3) is 0 Å². The monoisotopic (exact) mass is 272 g/mol. The Morgan fingerprint density at radius 2 is 1.60 bits per heavy atom. The predicted octanol–water partition coefficient (Wildman–Crippen LogP) is 5.52. The highest BCUT2D eigenvalue weighted by molar-refractivity contribution is 5.39. The quantitative estimate of drug-likeness (QED) is 0.672. The van der Waals surface area contributed by atoms with Crippen LogP contribution in [0.5, 0.6) is 11.5 Å². The smallest absolute Gasteiger partial charge is 0.165 e. The fraction of sp³-hybridized carbons (Fsp3) is 0.333. The van der Waals surface area contributed by atoms with Gasteiger partial charge in [0.2, 0.25) is 0 Å². The molecule has 1 nitrogen and oxygen atoms in total. The predicted molar refractivity (Wildman–Crippen MR) is 80.9 cm³/mol. The van der Waals surface area contributed by atoms with Crippen molar-refractivity contribution < 1.29 is 9.13 Å². The van der Waals surface area contributed by atoms with E-state index < -0.39 is 0 Å². The van der Waals surface area contributed by atoms with E-state index >= 15 is 0 Å². The Morgan fingerprint density at radius 1 is 0.900 bits per heavy atom. The van der Waals surface area contributed by atoms with E-state index in [1.807, 2.05) is 12.1 Å². The van der Waals surface area contributed by atoms with Gasteiger partial charge in [-0.1, -0.05) is 44.9 Å². The summed E-state index contributed by atoms with van der Waals surface area (Å²) >= 11 is 0. The van der Waals surface area contributed by atoms with Gasteiger partial charge in [-0.15, -0.1) is 0 Å². The second-order valence-electron chi connectivity index (χ2n) is 4.96. The first-order valence-electron chi connectivity index (χ1n) is 7.28. The molecule has 0 N–H and O–H groups in total. The third-order valence-electron chi connectivity index (χ3n) is 3.28. The van der Waals surface area contributed by atoms with E-state index in [0.29, 0.717) is 5.75 Å². The van der Waals surface area contributed by atoms with Gasteiger partial charge in [-0.2, -0.15) is 0 Å². The molecule has 0 aromatic heterocycles. The maximum atomic E-state index is 13.6. The van der Waals surface area contributed by atoms with Crippen LogP contribution in [0.4, 0.5) is 4.39 Å². The molecule has 2 aromatic carbocycles. The maximum Gasteiger partial charge on any atom is 0.165 e. The van der Waals surface area contributed by atoms with E-state index in [2.05, 4.69) is 19.9 Å². The average Bonchev–Trinajstić information content (AvgIpc) is 2.45. The highest BCUT2D eigenvalue weighted by Gasteiger charge is 2.07. The van der Waals surface area contributed by atoms with Gasteiger partial charge in [-0.25, -0.2) is 4.39 Å². The van der Waals surface area contributed by atoms with Crippen molar-refractivity contribution in [1.29, 1.82) is 0 Å². The minimum Gasteiger partial charge on any atom is -0.454 e. The standard InChI is InChI=1S/C18H21FO/c1-3-7-14-11-12-16(13-15(14)8-4-2)20-18-10-6-5-9-17(18)19/h5-6,9-13H,3-4,7-8H2,1-2H3. The molecule has 2 rings (SSSR count). The summed E-state index contributed by atoms with van der Waals surface area (Å²) in [7, 11) is 0. The number of aryl methyl sites for hydroxylation is 2. The zero-order chi connectivity index (χ0) is 14.4. The van der Waals surface area contributed by atoms with Crippen LogP contribution in [0.3, 0.4) is 0 Å². The van der Waals surface area contributed by atoms with Crippen LogP contribution >= 0.6 is 0 Å². The second-order valence-corrected chi connectivity index (χ2v) is 4.96. The van der Waals surface area contributed by atoms with Crippen molar-refractivity contribution in [2.24, 2.45) is 0 Å². The lowest BCUT2D eigenvalue weighted by atomic mass is 9.99. The number of benzene rings is 2. The van der Waals surface area contributed by atoms with Crippen molar-refractivity contribution in [1.82, 2.24) is 0 Å². The molecule has 0 fully saturated rings. The van der Waals surface area contributed by atoms with Crippen molar-refractivity contribution in [3.8, 4) is 11.5 Å². The highest BCUT2D eigenvalue weighted by atomic mass is 19.1. The van der Waals surface area contributed by atoms with Gasteiger partial charge in [0, 0.05) is 0 Å². The van der Waals surface area contributed by atoms with Crippen LogP contribution in [0.25, 0.3) is 0 Å². The second kappa shape index (κ2) is 7.09. The third-order valence-corrected chi connectivity index (χ3v) is 3.28. The molecule has 0 aliphatic carbocycles. The van der Waals surface area contributed by atoms with Crippen molar-refractivity contribution in [2.45, 2.75) is 39.5 Å². The Bertz CT molecular complexity index is 563. The number of hydrogen-bond acceptors (Lipinski definition) is 1. The topological polar surface area (TPSA) is 9.23 Å². The van der Waals surface area contributed by atoms with Gasteiger partial charge in [0.15, 0.2) is 11.6 Å². The first-order chi connectivity index (χ1) is 9.74. The minimum absolute atomic E-state index is 0.276. The number of ether oxygens (including phenoxy) is 1. The first-order valence-corrected chi connectivity index (χ1v) is 7.28. The van der Waals surface area contributed by atoms with E-state index in [9.17, 15) is 4.39 Å². The van der Waals surface area contributed by atoms with Crippen LogP contribution in [0.1, 0.15) is 37.8 Å². The van der Waals surface area contributed by atoms with Gasteiger partial charge in [0.1, 0.15) is 5.75 Å². The summed E-state index contributed by atoms with van der Waals surface area (Å²) in [5, 5.41) is 0. The van der Waals surface area contributed by atoms with Crippen LogP contribution in [0.2, 0.25) is 0 Å². The molecule has 2 aromatic rings. The van der Waals surface area contributed by atoms with E-state index in [0.717, 1.165) is 25.7 Å². The van der Waals surface area contributed by atoms with Gasteiger partial charge in [-0.3, -0.25) is 0 Å². The van der Waals surface area contributed by atoms with E-state index in [1.165, 1.54) is 17.2 Å². The van der Waals surface area contributed by atoms with Gasteiger partial charge in [-0.05, 0) is 48.2 Å². The van der Waals surface area contributed by atoms with E-state index in [1.54, 1.807) is 18.2 Å². The van der Waals surface area contributed by atoms with E-state index in [-0.39, 0.29) is 11.6 Å². The number of hydrogen-bond donors (Lipinski definition) is 0. The van der Waals surface area contributed by atoms with Gasteiger partial charge >= 0.3 is 0 Å². The summed E-state index contributed by atoms with van der Waals surface area (Å²) in [6.07, 6.45) is 4.34. The van der Waals surface area contributed by atoms with Crippen molar-refractivity contribution in [3.05, 3.63) is 59.4 Å². The normalized spacial score (nSPS) is 10.6. The molecule has 0 spiro atoms. The molecule has 0 heterocycles.